The predicted molar refractivity (Wildman–Crippen MR) is 93.5 cm³/mol. The molecule has 2 amide bonds. The number of hydrogen-bond donors (Lipinski definition) is 2. The number of nitrogens with one attached hydrogen (secondary N) is 2. The number of halogens is 2. The first-order chi connectivity index (χ1) is 12.0. The topological polar surface area (TPSA) is 58.2 Å². The molecule has 25 heavy (non-hydrogen) atoms. The summed E-state index contributed by atoms with van der Waals surface area (Å²) < 4.78 is 26.0. The maximum atomic E-state index is 13.1. The number of carbonyl (C=O) groups is 2. The van der Waals surface area contributed by atoms with Gasteiger partial charge in [-0.1, -0.05) is 6.07 Å². The zero-order valence-corrected chi connectivity index (χ0v) is 14.0. The maximum Gasteiger partial charge on any atom is 0.234 e. The van der Waals surface area contributed by atoms with Crippen molar-refractivity contribution in [3.05, 3.63) is 54.1 Å². The summed E-state index contributed by atoms with van der Waals surface area (Å²) in [6, 6.07) is 10.4. The molecule has 0 aliphatic heterocycles. The van der Waals surface area contributed by atoms with Gasteiger partial charge in [0.2, 0.25) is 11.8 Å². The summed E-state index contributed by atoms with van der Waals surface area (Å²) in [7, 11) is 0. The van der Waals surface area contributed by atoms with Crippen molar-refractivity contribution in [1.29, 1.82) is 0 Å². The molecular formula is C18H16F2N2O2S. The molecule has 2 aromatic rings. The lowest BCUT2D eigenvalue weighted by Crippen LogP contribution is -2.15. The number of carbonyl (C=O) groups excluding carboxylic acids is 2. The van der Waals surface area contributed by atoms with E-state index in [4.69, 9.17) is 0 Å². The number of benzene rings is 2. The van der Waals surface area contributed by atoms with Crippen LogP contribution < -0.4 is 10.6 Å². The van der Waals surface area contributed by atoms with E-state index < -0.39 is 11.6 Å². The highest BCUT2D eigenvalue weighted by Crippen LogP contribution is 2.30. The Hall–Kier alpha value is -2.41. The quantitative estimate of drug-likeness (QED) is 0.763. The van der Waals surface area contributed by atoms with Crippen LogP contribution in [-0.4, -0.2) is 17.6 Å². The Labute approximate surface area is 148 Å². The van der Waals surface area contributed by atoms with Crippen molar-refractivity contribution in [2.45, 2.75) is 17.7 Å². The van der Waals surface area contributed by atoms with Crippen molar-refractivity contribution in [3.8, 4) is 0 Å². The first-order valence-corrected chi connectivity index (χ1v) is 8.78. The van der Waals surface area contributed by atoms with E-state index in [9.17, 15) is 18.4 Å². The molecule has 130 valence electrons. The van der Waals surface area contributed by atoms with Crippen molar-refractivity contribution in [1.82, 2.24) is 0 Å². The van der Waals surface area contributed by atoms with Gasteiger partial charge in [-0.05, 0) is 49.2 Å². The molecule has 3 rings (SSSR count). The second-order valence-corrected chi connectivity index (χ2v) is 6.81. The fraction of sp³-hybridized carbons (Fsp3) is 0.222. The highest BCUT2D eigenvalue weighted by Gasteiger charge is 2.29. The third-order valence-electron chi connectivity index (χ3n) is 3.62. The first kappa shape index (κ1) is 17.4. The fourth-order valence-electron chi connectivity index (χ4n) is 2.18. The Kier molecular flexibility index (Phi) is 5.33. The summed E-state index contributed by atoms with van der Waals surface area (Å²) in [5, 5.41) is 5.53. The van der Waals surface area contributed by atoms with E-state index in [-0.39, 0.29) is 23.5 Å². The van der Waals surface area contributed by atoms with Crippen LogP contribution in [0.3, 0.4) is 0 Å². The zero-order valence-electron chi connectivity index (χ0n) is 13.2. The molecule has 1 fully saturated rings. The van der Waals surface area contributed by atoms with E-state index in [0.29, 0.717) is 16.3 Å². The molecule has 0 atom stereocenters. The van der Waals surface area contributed by atoms with Crippen molar-refractivity contribution in [2.24, 2.45) is 5.92 Å². The summed E-state index contributed by atoms with van der Waals surface area (Å²) in [6.45, 7) is 0. The Morgan fingerprint density at radius 1 is 1.00 bits per heavy atom. The molecule has 7 heteroatoms. The summed E-state index contributed by atoms with van der Waals surface area (Å²) in [6.07, 6.45) is 1.84. The van der Waals surface area contributed by atoms with Crippen LogP contribution in [0.2, 0.25) is 0 Å². The molecule has 0 unspecified atom stereocenters. The third-order valence-corrected chi connectivity index (χ3v) is 4.62. The molecule has 0 heterocycles. The molecule has 1 aliphatic carbocycles. The van der Waals surface area contributed by atoms with Crippen LogP contribution in [0.15, 0.2) is 47.4 Å². The van der Waals surface area contributed by atoms with Gasteiger partial charge in [-0.25, -0.2) is 8.78 Å². The predicted octanol–water partition coefficient (Wildman–Crippen LogP) is 4.04. The summed E-state index contributed by atoms with van der Waals surface area (Å²) in [5.74, 6) is -1.98. The maximum absolute atomic E-state index is 13.1. The van der Waals surface area contributed by atoms with Crippen molar-refractivity contribution in [3.63, 3.8) is 0 Å². The molecule has 0 radical (unpaired) electrons. The molecule has 2 N–H and O–H groups in total. The Balaban J connectivity index is 1.53. The molecular weight excluding hydrogens is 346 g/mol. The smallest absolute Gasteiger partial charge is 0.234 e. The normalized spacial score (nSPS) is 13.4. The minimum Gasteiger partial charge on any atom is -0.326 e. The molecule has 0 aromatic heterocycles. The number of rotatable bonds is 6. The van der Waals surface area contributed by atoms with Gasteiger partial charge in [-0.3, -0.25) is 9.59 Å². The molecule has 0 saturated heterocycles. The summed E-state index contributed by atoms with van der Waals surface area (Å²) in [5.41, 5.74) is 1.19. The molecule has 2 aromatic carbocycles. The fourth-order valence-corrected chi connectivity index (χ4v) is 2.90. The van der Waals surface area contributed by atoms with Gasteiger partial charge >= 0.3 is 0 Å². The monoisotopic (exact) mass is 362 g/mol. The van der Waals surface area contributed by atoms with Crippen LogP contribution in [0.1, 0.15) is 12.8 Å². The summed E-state index contributed by atoms with van der Waals surface area (Å²) in [4.78, 5) is 24.2. The van der Waals surface area contributed by atoms with Gasteiger partial charge in [0.25, 0.3) is 0 Å². The van der Waals surface area contributed by atoms with E-state index in [1.165, 1.54) is 6.07 Å². The number of thioether (sulfide) groups is 1. The lowest BCUT2D eigenvalue weighted by atomic mass is 10.2. The van der Waals surface area contributed by atoms with Gasteiger partial charge in [-0.15, -0.1) is 11.8 Å². The lowest BCUT2D eigenvalue weighted by molar-refractivity contribution is -0.117. The number of anilines is 2. The lowest BCUT2D eigenvalue weighted by Gasteiger charge is -2.09. The molecule has 1 saturated carbocycles. The zero-order chi connectivity index (χ0) is 17.8. The molecule has 0 bridgehead atoms. The largest absolute Gasteiger partial charge is 0.326 e. The standard InChI is InChI=1S/C18H16F2N2O2S/c19-15-7-6-14(9-16(15)20)25-10-17(23)21-12-2-1-3-13(8-12)22-18(24)11-4-5-11/h1-3,6-9,11H,4-5,10H2,(H,21,23)(H,22,24). The van der Waals surface area contributed by atoms with E-state index in [1.807, 2.05) is 0 Å². The van der Waals surface area contributed by atoms with Gasteiger partial charge in [0.1, 0.15) is 0 Å². The molecule has 1 aliphatic rings. The average molecular weight is 362 g/mol. The van der Waals surface area contributed by atoms with E-state index >= 15 is 0 Å². The van der Waals surface area contributed by atoms with Crippen LogP contribution in [-0.2, 0) is 9.59 Å². The van der Waals surface area contributed by atoms with Crippen LogP contribution in [0.25, 0.3) is 0 Å². The van der Waals surface area contributed by atoms with E-state index in [1.54, 1.807) is 24.3 Å². The highest BCUT2D eigenvalue weighted by atomic mass is 32.2. The number of amides is 2. The van der Waals surface area contributed by atoms with Crippen LogP contribution >= 0.6 is 11.8 Å². The van der Waals surface area contributed by atoms with Gasteiger partial charge < -0.3 is 10.6 Å². The summed E-state index contributed by atoms with van der Waals surface area (Å²) >= 11 is 1.11. The third kappa shape index (κ3) is 5.03. The Morgan fingerprint density at radius 2 is 1.72 bits per heavy atom. The van der Waals surface area contributed by atoms with Crippen LogP contribution in [0.5, 0.6) is 0 Å². The minimum atomic E-state index is -0.940. The Morgan fingerprint density at radius 3 is 2.40 bits per heavy atom. The van der Waals surface area contributed by atoms with Crippen molar-refractivity contribution < 1.29 is 18.4 Å². The van der Waals surface area contributed by atoms with E-state index in [2.05, 4.69) is 10.6 Å². The van der Waals surface area contributed by atoms with Crippen molar-refractivity contribution >= 4 is 35.0 Å². The van der Waals surface area contributed by atoms with Gasteiger partial charge in [0, 0.05) is 22.2 Å². The van der Waals surface area contributed by atoms with Crippen molar-refractivity contribution in [2.75, 3.05) is 16.4 Å². The van der Waals surface area contributed by atoms with Gasteiger partial charge in [-0.2, -0.15) is 0 Å². The molecule has 4 nitrogen and oxygen atoms in total. The first-order valence-electron chi connectivity index (χ1n) is 7.80. The van der Waals surface area contributed by atoms with Gasteiger partial charge in [0.05, 0.1) is 5.75 Å². The second-order valence-electron chi connectivity index (χ2n) is 5.76. The average Bonchev–Trinajstić information content (AvgIpc) is 3.41. The van der Waals surface area contributed by atoms with Gasteiger partial charge in [0.15, 0.2) is 11.6 Å². The molecule has 0 spiro atoms. The van der Waals surface area contributed by atoms with Crippen LogP contribution in [0.4, 0.5) is 20.2 Å². The minimum absolute atomic E-state index is 0.00244. The van der Waals surface area contributed by atoms with E-state index in [0.717, 1.165) is 36.7 Å². The SMILES string of the molecule is O=C(CSc1ccc(F)c(F)c1)Nc1cccc(NC(=O)C2CC2)c1. The Bertz CT molecular complexity index is 809. The number of hydrogen-bond acceptors (Lipinski definition) is 3. The van der Waals surface area contributed by atoms with Crippen LogP contribution in [0, 0.1) is 17.6 Å². The second kappa shape index (κ2) is 7.65. The highest BCUT2D eigenvalue weighted by molar-refractivity contribution is 8.00.